The molecule has 0 radical (unpaired) electrons. The predicted molar refractivity (Wildman–Crippen MR) is 107 cm³/mol. The molecule has 0 saturated carbocycles. The fourth-order valence-electron chi connectivity index (χ4n) is 4.34. The summed E-state index contributed by atoms with van der Waals surface area (Å²) in [4.78, 5) is 27.5. The van der Waals surface area contributed by atoms with Crippen molar-refractivity contribution in [3.05, 3.63) is 35.9 Å². The minimum absolute atomic E-state index is 0.0293. The van der Waals surface area contributed by atoms with Gasteiger partial charge in [-0.05, 0) is 50.1 Å². The summed E-state index contributed by atoms with van der Waals surface area (Å²) in [5, 5.41) is 6.34. The van der Waals surface area contributed by atoms with Crippen LogP contribution in [0.1, 0.15) is 56.9 Å². The number of amides is 2. The highest BCUT2D eigenvalue weighted by molar-refractivity contribution is 5.84. The smallest absolute Gasteiger partial charge is 0.237 e. The molecule has 2 saturated heterocycles. The molecule has 3 rings (SSSR count). The van der Waals surface area contributed by atoms with Crippen molar-refractivity contribution in [2.45, 2.75) is 57.4 Å². The molecular weight excluding hydrogens is 338 g/mol. The van der Waals surface area contributed by atoms with Crippen LogP contribution < -0.4 is 10.6 Å². The lowest BCUT2D eigenvalue weighted by Crippen LogP contribution is -2.47. The van der Waals surface area contributed by atoms with Crippen molar-refractivity contribution >= 4 is 11.8 Å². The van der Waals surface area contributed by atoms with Crippen LogP contribution in [0.3, 0.4) is 0 Å². The van der Waals surface area contributed by atoms with Gasteiger partial charge in [0.2, 0.25) is 11.8 Å². The van der Waals surface area contributed by atoms with Gasteiger partial charge in [0, 0.05) is 19.6 Å². The van der Waals surface area contributed by atoms with E-state index in [2.05, 4.69) is 29.7 Å². The van der Waals surface area contributed by atoms with Crippen molar-refractivity contribution in [1.82, 2.24) is 15.5 Å². The number of nitrogens with zero attached hydrogens (tertiary/aromatic N) is 1. The molecule has 1 aromatic rings. The summed E-state index contributed by atoms with van der Waals surface area (Å²) < 4.78 is 0. The molecular formula is C22H33N3O2. The number of likely N-dealkylation sites (tertiary alicyclic amines) is 1. The summed E-state index contributed by atoms with van der Waals surface area (Å²) in [7, 11) is 0. The van der Waals surface area contributed by atoms with Gasteiger partial charge in [-0.1, -0.05) is 43.7 Å². The van der Waals surface area contributed by atoms with Crippen LogP contribution in [0.15, 0.2) is 30.3 Å². The summed E-state index contributed by atoms with van der Waals surface area (Å²) in [6.45, 7) is 5.33. The first-order chi connectivity index (χ1) is 13.2. The molecule has 0 aromatic heterocycles. The van der Waals surface area contributed by atoms with Crippen molar-refractivity contribution in [1.29, 1.82) is 0 Å². The van der Waals surface area contributed by atoms with Crippen LogP contribution >= 0.6 is 0 Å². The number of carbonyl (C=O) groups is 2. The molecule has 2 aliphatic rings. The number of benzene rings is 1. The lowest BCUT2D eigenvalue weighted by molar-refractivity contribution is -0.134. The first-order valence-corrected chi connectivity index (χ1v) is 10.5. The normalized spacial score (nSPS) is 23.8. The Bertz CT molecular complexity index is 613. The van der Waals surface area contributed by atoms with Crippen LogP contribution in [0.5, 0.6) is 0 Å². The van der Waals surface area contributed by atoms with Crippen LogP contribution in [0.2, 0.25) is 0 Å². The van der Waals surface area contributed by atoms with Crippen molar-refractivity contribution in [2.75, 3.05) is 26.2 Å². The van der Waals surface area contributed by atoms with Crippen LogP contribution in [-0.2, 0) is 9.59 Å². The van der Waals surface area contributed by atoms with E-state index < -0.39 is 0 Å². The maximum atomic E-state index is 13.2. The van der Waals surface area contributed by atoms with Gasteiger partial charge in [0.05, 0.1) is 12.0 Å². The zero-order chi connectivity index (χ0) is 19.1. The molecule has 2 heterocycles. The third-order valence-corrected chi connectivity index (χ3v) is 5.85. The van der Waals surface area contributed by atoms with E-state index >= 15 is 0 Å². The van der Waals surface area contributed by atoms with Gasteiger partial charge in [0.25, 0.3) is 0 Å². The predicted octanol–water partition coefficient (Wildman–Crippen LogP) is 2.68. The molecule has 27 heavy (non-hydrogen) atoms. The highest BCUT2D eigenvalue weighted by Crippen LogP contribution is 2.26. The van der Waals surface area contributed by atoms with Gasteiger partial charge >= 0.3 is 0 Å². The van der Waals surface area contributed by atoms with E-state index in [1.54, 1.807) is 0 Å². The Kier molecular flexibility index (Phi) is 7.27. The number of piperidine rings is 1. The molecule has 0 aliphatic carbocycles. The van der Waals surface area contributed by atoms with Gasteiger partial charge in [0.15, 0.2) is 0 Å². The maximum Gasteiger partial charge on any atom is 0.237 e. The van der Waals surface area contributed by atoms with Crippen molar-refractivity contribution in [3.63, 3.8) is 0 Å². The average Bonchev–Trinajstić information content (AvgIpc) is 3.25. The minimum Gasteiger partial charge on any atom is -0.354 e. The van der Waals surface area contributed by atoms with E-state index in [-0.39, 0.29) is 23.8 Å². The van der Waals surface area contributed by atoms with Gasteiger partial charge in [-0.15, -0.1) is 0 Å². The summed E-state index contributed by atoms with van der Waals surface area (Å²) >= 11 is 0. The highest BCUT2D eigenvalue weighted by Gasteiger charge is 2.30. The van der Waals surface area contributed by atoms with Gasteiger partial charge in [-0.3, -0.25) is 9.59 Å². The van der Waals surface area contributed by atoms with Crippen molar-refractivity contribution in [2.24, 2.45) is 5.92 Å². The van der Waals surface area contributed by atoms with E-state index in [1.807, 2.05) is 23.1 Å². The largest absolute Gasteiger partial charge is 0.354 e. The fraction of sp³-hybridized carbons (Fsp3) is 0.636. The lowest BCUT2D eigenvalue weighted by atomic mass is 9.90. The number of nitrogens with one attached hydrogen (secondary N) is 2. The van der Waals surface area contributed by atoms with Crippen molar-refractivity contribution < 1.29 is 9.59 Å². The number of hydrogen-bond acceptors (Lipinski definition) is 3. The second-order valence-corrected chi connectivity index (χ2v) is 7.94. The van der Waals surface area contributed by atoms with Gasteiger partial charge < -0.3 is 15.5 Å². The zero-order valence-electron chi connectivity index (χ0n) is 16.5. The van der Waals surface area contributed by atoms with E-state index in [9.17, 15) is 9.59 Å². The second kappa shape index (κ2) is 9.88. The van der Waals surface area contributed by atoms with Crippen LogP contribution in [-0.4, -0.2) is 48.9 Å². The molecule has 148 valence electrons. The molecule has 2 fully saturated rings. The highest BCUT2D eigenvalue weighted by atomic mass is 16.2. The Balaban J connectivity index is 1.55. The Morgan fingerprint density at radius 2 is 2.04 bits per heavy atom. The van der Waals surface area contributed by atoms with E-state index in [1.165, 1.54) is 0 Å². The third kappa shape index (κ3) is 5.32. The van der Waals surface area contributed by atoms with Crippen LogP contribution in [0.4, 0.5) is 0 Å². The Labute approximate surface area is 162 Å². The summed E-state index contributed by atoms with van der Waals surface area (Å²) in [6, 6.07) is 10.1. The van der Waals surface area contributed by atoms with Gasteiger partial charge in [-0.25, -0.2) is 0 Å². The van der Waals surface area contributed by atoms with Crippen molar-refractivity contribution in [3.8, 4) is 0 Å². The molecule has 2 N–H and O–H groups in total. The van der Waals surface area contributed by atoms with Crippen LogP contribution in [0, 0.1) is 5.92 Å². The number of carbonyl (C=O) groups excluding carboxylic acids is 2. The number of hydrogen-bond donors (Lipinski definition) is 2. The molecule has 5 nitrogen and oxygen atoms in total. The van der Waals surface area contributed by atoms with E-state index in [0.717, 1.165) is 63.7 Å². The SMILES string of the molecule is CCCC(C(=O)N1CCCC(CNC(=O)C2CCCN2)C1)c1ccccc1. The summed E-state index contributed by atoms with van der Waals surface area (Å²) in [5.74, 6) is 0.666. The zero-order valence-corrected chi connectivity index (χ0v) is 16.5. The topological polar surface area (TPSA) is 61.4 Å². The summed E-state index contributed by atoms with van der Waals surface area (Å²) in [5.41, 5.74) is 1.12. The maximum absolute atomic E-state index is 13.2. The number of rotatable bonds is 7. The molecule has 1 aromatic carbocycles. The average molecular weight is 372 g/mol. The molecule has 3 atom stereocenters. The molecule has 5 heteroatoms. The standard InChI is InChI=1S/C22H33N3O2/c1-2-8-19(18-10-4-3-5-11-18)22(27)25-14-7-9-17(16-25)15-24-21(26)20-12-6-13-23-20/h3-5,10-11,17,19-20,23H,2,6-9,12-16H2,1H3,(H,24,26). The van der Waals surface area contributed by atoms with E-state index in [4.69, 9.17) is 0 Å². The fourth-order valence-corrected chi connectivity index (χ4v) is 4.34. The molecule has 2 aliphatic heterocycles. The third-order valence-electron chi connectivity index (χ3n) is 5.85. The summed E-state index contributed by atoms with van der Waals surface area (Å²) in [6.07, 6.45) is 5.97. The molecule has 3 unspecified atom stereocenters. The van der Waals surface area contributed by atoms with Gasteiger partial charge in [-0.2, -0.15) is 0 Å². The monoisotopic (exact) mass is 371 g/mol. The first kappa shape index (κ1) is 19.9. The molecule has 2 amide bonds. The second-order valence-electron chi connectivity index (χ2n) is 7.94. The Hall–Kier alpha value is -1.88. The molecule has 0 bridgehead atoms. The van der Waals surface area contributed by atoms with Gasteiger partial charge in [0.1, 0.15) is 0 Å². The lowest BCUT2D eigenvalue weighted by Gasteiger charge is -2.35. The minimum atomic E-state index is -0.0489. The van der Waals surface area contributed by atoms with Crippen LogP contribution in [0.25, 0.3) is 0 Å². The molecule has 0 spiro atoms. The Morgan fingerprint density at radius 1 is 1.22 bits per heavy atom. The van der Waals surface area contributed by atoms with E-state index in [0.29, 0.717) is 12.5 Å². The first-order valence-electron chi connectivity index (χ1n) is 10.5. The Morgan fingerprint density at radius 3 is 2.74 bits per heavy atom. The quantitative estimate of drug-likeness (QED) is 0.775.